The number of carbonyl (C=O) groups is 1. The minimum atomic E-state index is -1.15. The first kappa shape index (κ1) is 8.36. The normalized spacial score (nSPS) is 10.0. The number of nitrogens with zero attached hydrogens (tertiary/aromatic N) is 4. The third kappa shape index (κ3) is 1.33. The largest absolute Gasteiger partial charge is 0.475 e. The van der Waals surface area contributed by atoms with Crippen LogP contribution < -0.4 is 0 Å². The Balaban J connectivity index is 2.52. The van der Waals surface area contributed by atoms with Gasteiger partial charge in [0.1, 0.15) is 0 Å². The van der Waals surface area contributed by atoms with Gasteiger partial charge >= 0.3 is 5.97 Å². The molecule has 0 radical (unpaired) electrons. The van der Waals surface area contributed by atoms with Crippen molar-refractivity contribution in [2.75, 3.05) is 0 Å². The Hall–Kier alpha value is -2.24. The molecule has 2 rings (SSSR count). The van der Waals surface area contributed by atoms with E-state index in [9.17, 15) is 4.79 Å². The lowest BCUT2D eigenvalue weighted by atomic mass is 10.3. The fraction of sp³-hybridized carbons (Fsp3) is 0. The molecule has 0 saturated heterocycles. The molecule has 0 aliphatic heterocycles. The van der Waals surface area contributed by atoms with Crippen molar-refractivity contribution in [2.45, 2.75) is 0 Å². The molecule has 0 aliphatic rings. The van der Waals surface area contributed by atoms with E-state index in [0.29, 0.717) is 5.69 Å². The maximum Gasteiger partial charge on any atom is 0.376 e. The highest BCUT2D eigenvalue weighted by atomic mass is 16.4. The predicted octanol–water partition coefficient (Wildman–Crippen LogP) is 0.360. The van der Waals surface area contributed by atoms with Crippen molar-refractivity contribution in [3.63, 3.8) is 0 Å². The third-order valence-electron chi connectivity index (χ3n) is 1.66. The van der Waals surface area contributed by atoms with Gasteiger partial charge in [-0.25, -0.2) is 4.79 Å². The van der Waals surface area contributed by atoms with E-state index in [1.54, 1.807) is 24.3 Å². The summed E-state index contributed by atoms with van der Waals surface area (Å²) in [5, 5.41) is 19.0. The van der Waals surface area contributed by atoms with Crippen molar-refractivity contribution >= 4 is 5.97 Å². The number of aromatic carboxylic acids is 1. The van der Waals surface area contributed by atoms with Crippen LogP contribution in [0.15, 0.2) is 30.3 Å². The minimum Gasteiger partial charge on any atom is -0.475 e. The van der Waals surface area contributed by atoms with Gasteiger partial charge in [-0.2, -0.15) is 4.68 Å². The number of rotatable bonds is 2. The highest BCUT2D eigenvalue weighted by molar-refractivity contribution is 5.83. The summed E-state index contributed by atoms with van der Waals surface area (Å²) in [5.74, 6) is -1.35. The van der Waals surface area contributed by atoms with Crippen LogP contribution >= 0.6 is 0 Å². The molecule has 0 aliphatic carbocycles. The van der Waals surface area contributed by atoms with Gasteiger partial charge in [0, 0.05) is 0 Å². The number of hydrogen-bond donors (Lipinski definition) is 1. The fourth-order valence-electron chi connectivity index (χ4n) is 1.06. The van der Waals surface area contributed by atoms with Crippen LogP contribution in [-0.2, 0) is 0 Å². The van der Waals surface area contributed by atoms with Gasteiger partial charge in [-0.15, -0.1) is 5.10 Å². The number of aromatic nitrogens is 4. The highest BCUT2D eigenvalue weighted by Gasteiger charge is 2.14. The number of hydrogen-bond acceptors (Lipinski definition) is 4. The van der Waals surface area contributed by atoms with E-state index < -0.39 is 5.97 Å². The van der Waals surface area contributed by atoms with Crippen LogP contribution in [0.4, 0.5) is 0 Å². The van der Waals surface area contributed by atoms with Gasteiger partial charge in [0.2, 0.25) is 0 Å². The summed E-state index contributed by atoms with van der Waals surface area (Å²) in [6.07, 6.45) is 0. The zero-order valence-electron chi connectivity index (χ0n) is 7.03. The average molecular weight is 190 g/mol. The number of tetrazole rings is 1. The Morgan fingerprint density at radius 3 is 2.64 bits per heavy atom. The quantitative estimate of drug-likeness (QED) is 0.739. The van der Waals surface area contributed by atoms with Gasteiger partial charge in [-0.1, -0.05) is 18.2 Å². The molecule has 6 heteroatoms. The lowest BCUT2D eigenvalue weighted by Crippen LogP contribution is -2.08. The Morgan fingerprint density at radius 2 is 2.00 bits per heavy atom. The van der Waals surface area contributed by atoms with E-state index in [-0.39, 0.29) is 5.82 Å². The summed E-state index contributed by atoms with van der Waals surface area (Å²) >= 11 is 0. The Kier molecular flexibility index (Phi) is 1.94. The van der Waals surface area contributed by atoms with Gasteiger partial charge < -0.3 is 5.11 Å². The van der Waals surface area contributed by atoms with Gasteiger partial charge in [0.25, 0.3) is 5.82 Å². The van der Waals surface area contributed by atoms with Crippen molar-refractivity contribution in [3.05, 3.63) is 36.2 Å². The topological polar surface area (TPSA) is 80.9 Å². The minimum absolute atomic E-state index is 0.198. The van der Waals surface area contributed by atoms with Crippen LogP contribution in [0.1, 0.15) is 10.6 Å². The molecule has 0 saturated carbocycles. The maximum atomic E-state index is 10.7. The van der Waals surface area contributed by atoms with E-state index in [4.69, 9.17) is 5.11 Å². The van der Waals surface area contributed by atoms with Gasteiger partial charge in [0.05, 0.1) is 5.69 Å². The summed E-state index contributed by atoms with van der Waals surface area (Å²) in [7, 11) is 0. The maximum absolute atomic E-state index is 10.7. The Bertz CT molecular complexity index is 451. The summed E-state index contributed by atoms with van der Waals surface area (Å²) in [4.78, 5) is 10.7. The first-order valence-corrected chi connectivity index (χ1v) is 3.86. The predicted molar refractivity (Wildman–Crippen MR) is 46.1 cm³/mol. The molecule has 14 heavy (non-hydrogen) atoms. The van der Waals surface area contributed by atoms with Gasteiger partial charge in [-0.3, -0.25) is 0 Å². The van der Waals surface area contributed by atoms with E-state index in [2.05, 4.69) is 15.5 Å². The Labute approximate surface area is 78.8 Å². The van der Waals surface area contributed by atoms with Crippen molar-refractivity contribution in [1.29, 1.82) is 0 Å². The van der Waals surface area contributed by atoms with Crippen LogP contribution in [0.25, 0.3) is 5.69 Å². The number of para-hydroxylation sites is 1. The number of carboxylic acid groups (broad SMARTS) is 1. The summed E-state index contributed by atoms with van der Waals surface area (Å²) in [6, 6.07) is 8.84. The van der Waals surface area contributed by atoms with Crippen LogP contribution in [0.2, 0.25) is 0 Å². The van der Waals surface area contributed by atoms with Crippen molar-refractivity contribution in [3.8, 4) is 5.69 Å². The number of carboxylic acids is 1. The molecule has 2 aromatic rings. The molecule has 6 nitrogen and oxygen atoms in total. The van der Waals surface area contributed by atoms with E-state index >= 15 is 0 Å². The summed E-state index contributed by atoms with van der Waals surface area (Å²) in [6.45, 7) is 0. The molecule has 0 fully saturated rings. The summed E-state index contributed by atoms with van der Waals surface area (Å²) < 4.78 is 1.17. The monoisotopic (exact) mass is 190 g/mol. The molecular weight excluding hydrogens is 184 g/mol. The number of benzene rings is 1. The Morgan fingerprint density at radius 1 is 1.29 bits per heavy atom. The van der Waals surface area contributed by atoms with Crippen LogP contribution in [0.5, 0.6) is 0 Å². The molecule has 1 N–H and O–H groups in total. The average Bonchev–Trinajstić information content (AvgIpc) is 2.67. The van der Waals surface area contributed by atoms with Crippen molar-refractivity contribution in [2.24, 2.45) is 0 Å². The molecule has 0 atom stereocenters. The molecule has 1 heterocycles. The highest BCUT2D eigenvalue weighted by Crippen LogP contribution is 2.06. The zero-order valence-corrected chi connectivity index (χ0v) is 7.03. The molecule has 1 aromatic heterocycles. The fourth-order valence-corrected chi connectivity index (χ4v) is 1.06. The van der Waals surface area contributed by atoms with Crippen LogP contribution in [0.3, 0.4) is 0 Å². The second-order valence-corrected chi connectivity index (χ2v) is 2.55. The van der Waals surface area contributed by atoms with Crippen LogP contribution in [0, 0.1) is 0 Å². The van der Waals surface area contributed by atoms with E-state index in [1.807, 2.05) is 6.07 Å². The lowest BCUT2D eigenvalue weighted by molar-refractivity contribution is 0.0680. The molecule has 1 aromatic carbocycles. The smallest absolute Gasteiger partial charge is 0.376 e. The molecule has 70 valence electrons. The van der Waals surface area contributed by atoms with E-state index in [0.717, 1.165) is 0 Å². The second-order valence-electron chi connectivity index (χ2n) is 2.55. The van der Waals surface area contributed by atoms with E-state index in [1.165, 1.54) is 4.68 Å². The molecule has 0 unspecified atom stereocenters. The standard InChI is InChI=1S/C8H6N4O2/c13-8(14)7-9-10-11-12(7)6-4-2-1-3-5-6/h1-5H,(H,13,14). The molecule has 0 amide bonds. The molecule has 0 bridgehead atoms. The first-order valence-electron chi connectivity index (χ1n) is 3.86. The SMILES string of the molecule is O=C(O)c1nnnn1-c1ccccc1. The first-order chi connectivity index (χ1) is 6.79. The summed E-state index contributed by atoms with van der Waals surface area (Å²) in [5.41, 5.74) is 0.620. The third-order valence-corrected chi connectivity index (χ3v) is 1.66. The van der Waals surface area contributed by atoms with Crippen LogP contribution in [-0.4, -0.2) is 31.3 Å². The molecular formula is C8H6N4O2. The lowest BCUT2D eigenvalue weighted by Gasteiger charge is -1.99. The van der Waals surface area contributed by atoms with Gasteiger partial charge in [0.15, 0.2) is 0 Å². The second kappa shape index (κ2) is 3.25. The van der Waals surface area contributed by atoms with Crippen molar-refractivity contribution in [1.82, 2.24) is 20.2 Å². The van der Waals surface area contributed by atoms with Crippen molar-refractivity contribution < 1.29 is 9.90 Å². The van der Waals surface area contributed by atoms with Gasteiger partial charge in [-0.05, 0) is 22.6 Å². The zero-order chi connectivity index (χ0) is 9.97. The molecule has 0 spiro atoms.